The summed E-state index contributed by atoms with van der Waals surface area (Å²) in [6.45, 7) is 7.79. The highest BCUT2D eigenvalue weighted by Gasteiger charge is 2.41. The molecule has 0 bridgehead atoms. The third-order valence-corrected chi connectivity index (χ3v) is 13.7. The molecule has 16 heteroatoms. The number of anilines is 3. The van der Waals surface area contributed by atoms with Crippen molar-refractivity contribution in [1.29, 1.82) is 5.26 Å². The molecule has 0 spiro atoms. The summed E-state index contributed by atoms with van der Waals surface area (Å²) in [5, 5.41) is 16.6. The predicted octanol–water partition coefficient (Wildman–Crippen LogP) is 14.6. The van der Waals surface area contributed by atoms with Gasteiger partial charge in [0.25, 0.3) is 17.7 Å². The number of aliphatic imine (C=N–C) groups is 1. The Morgan fingerprint density at radius 2 is 1.45 bits per heavy atom. The minimum Gasteiger partial charge on any atom is -0.481 e. The van der Waals surface area contributed by atoms with Crippen LogP contribution in [-0.2, 0) is 14.4 Å². The van der Waals surface area contributed by atoms with Gasteiger partial charge in [0.05, 0.1) is 32.0 Å². The van der Waals surface area contributed by atoms with Gasteiger partial charge in [-0.25, -0.2) is 10.0 Å². The van der Waals surface area contributed by atoms with Crippen molar-refractivity contribution in [2.45, 2.75) is 121 Å². The summed E-state index contributed by atoms with van der Waals surface area (Å²) in [4.78, 5) is 47.6. The molecule has 1 heterocycles. The van der Waals surface area contributed by atoms with E-state index in [0.717, 1.165) is 48.6 Å². The Kier molecular flexibility index (Phi) is 19.9. The van der Waals surface area contributed by atoms with Crippen LogP contribution in [0.3, 0.4) is 0 Å². The molecule has 3 atom stereocenters. The number of unbranched alkanes of at least 4 members (excludes halogenated alkanes) is 9. The molecule has 1 aliphatic rings. The summed E-state index contributed by atoms with van der Waals surface area (Å²) in [5.41, 5.74) is 6.58. The van der Waals surface area contributed by atoms with E-state index in [0.29, 0.717) is 39.8 Å². The molecule has 362 valence electrons. The van der Waals surface area contributed by atoms with Crippen molar-refractivity contribution in [3.63, 3.8) is 0 Å². The van der Waals surface area contributed by atoms with Crippen molar-refractivity contribution in [2.75, 3.05) is 15.6 Å². The number of nitriles is 1. The van der Waals surface area contributed by atoms with Gasteiger partial charge in [-0.05, 0) is 99.8 Å². The molecule has 1 saturated heterocycles. The van der Waals surface area contributed by atoms with Crippen LogP contribution < -0.4 is 30.5 Å². The predicted molar refractivity (Wildman–Crippen MR) is 282 cm³/mol. The number of carbonyl (C=O) groups is 3. The third kappa shape index (κ3) is 14.8. The van der Waals surface area contributed by atoms with Crippen molar-refractivity contribution in [3.8, 4) is 17.6 Å². The molecular weight excluding hydrogens is 974 g/mol. The van der Waals surface area contributed by atoms with Crippen LogP contribution in [-0.4, -0.2) is 41.0 Å². The van der Waals surface area contributed by atoms with Crippen LogP contribution >= 0.6 is 58.2 Å². The van der Waals surface area contributed by atoms with E-state index < -0.39 is 35.2 Å². The molecule has 3 N–H and O–H groups in total. The number of ether oxygens (including phenoxy) is 2. The number of amidine groups is 1. The normalized spacial score (nSPS) is 14.8. The van der Waals surface area contributed by atoms with Crippen LogP contribution in [0.15, 0.2) is 107 Å². The summed E-state index contributed by atoms with van der Waals surface area (Å²) < 4.78 is 12.3. The maximum atomic E-state index is 14.6. The van der Waals surface area contributed by atoms with Gasteiger partial charge in [-0.15, -0.1) is 11.8 Å². The molecular formula is C53H56Cl4N6O5S. The van der Waals surface area contributed by atoms with E-state index in [2.05, 4.69) is 29.1 Å². The smallest absolute Gasteiger partial charge is 0.267 e. The van der Waals surface area contributed by atoms with Gasteiger partial charge in [0.15, 0.2) is 12.2 Å². The van der Waals surface area contributed by atoms with Crippen LogP contribution in [0, 0.1) is 25.2 Å². The van der Waals surface area contributed by atoms with Gasteiger partial charge < -0.3 is 20.1 Å². The average molecular weight is 1030 g/mol. The molecule has 5 aromatic carbocycles. The van der Waals surface area contributed by atoms with Gasteiger partial charge in [-0.1, -0.05) is 153 Å². The summed E-state index contributed by atoms with van der Waals surface area (Å²) in [6.07, 6.45) is 10.1. The lowest BCUT2D eigenvalue weighted by atomic mass is 10.0. The van der Waals surface area contributed by atoms with Crippen molar-refractivity contribution >= 4 is 104 Å². The Bertz CT molecular complexity index is 2670. The fourth-order valence-corrected chi connectivity index (χ4v) is 9.91. The fraction of sp³-hybridized carbons (Fsp3) is 0.340. The fourth-order valence-electron chi connectivity index (χ4n) is 7.68. The third-order valence-electron chi connectivity index (χ3n) is 11.4. The van der Waals surface area contributed by atoms with Gasteiger partial charge in [0.2, 0.25) is 0 Å². The second-order valence-electron chi connectivity index (χ2n) is 16.9. The van der Waals surface area contributed by atoms with E-state index in [1.54, 1.807) is 73.7 Å². The highest BCUT2D eigenvalue weighted by Crippen LogP contribution is 2.41. The number of halogens is 4. The van der Waals surface area contributed by atoms with Gasteiger partial charge >= 0.3 is 0 Å². The standard InChI is InChI=1S/C53H56Cl4N6O5S/c1-5-6-7-8-9-10-11-12-13-14-22-46(68-45-21-17-15-19-36(45)32-58)52(65)59-38-25-26-39(55)43(31-38)60-50-49(53(66)63(62-50)48-40(56)29-37(54)30-41(48)57)69-47-23-18-16-20-42(47)61-51(64)35(4)67-44-27-24-33(2)28-34(44)3/h15-21,23-31,35,46,49H,5-14,22H2,1-4H3,(H,59,65)(H,60,62)(H,61,64). The zero-order valence-electron chi connectivity index (χ0n) is 39.1. The minimum atomic E-state index is -1.05. The SMILES string of the molecule is CCCCCCCCCCCCC(Oc1ccccc1C#N)C(=O)Nc1ccc(Cl)c(N=C2NN(c3c(Cl)cc(Cl)cc3Cl)C(=O)C2Sc2ccccc2NC(=O)C(C)Oc2ccc(C)cc2C)c1. The molecule has 6 rings (SSSR count). The van der Waals surface area contributed by atoms with Crippen molar-refractivity contribution in [2.24, 2.45) is 4.99 Å². The molecule has 69 heavy (non-hydrogen) atoms. The van der Waals surface area contributed by atoms with Crippen LogP contribution in [0.4, 0.5) is 22.7 Å². The molecule has 0 saturated carbocycles. The van der Waals surface area contributed by atoms with E-state index >= 15 is 0 Å². The minimum absolute atomic E-state index is 0.110. The molecule has 0 aromatic heterocycles. The summed E-state index contributed by atoms with van der Waals surface area (Å²) in [5.74, 6) is -0.223. The number of para-hydroxylation sites is 2. The molecule has 5 aromatic rings. The molecule has 0 radical (unpaired) electrons. The second-order valence-corrected chi connectivity index (χ2v) is 19.7. The number of nitrogens with one attached hydrogen (secondary N) is 3. The first-order chi connectivity index (χ1) is 33.3. The molecule has 3 amide bonds. The summed E-state index contributed by atoms with van der Waals surface area (Å²) in [7, 11) is 0. The number of hydrazine groups is 1. The van der Waals surface area contributed by atoms with Gasteiger partial charge in [0, 0.05) is 15.6 Å². The van der Waals surface area contributed by atoms with Gasteiger partial charge in [-0.2, -0.15) is 5.26 Å². The van der Waals surface area contributed by atoms with E-state index in [1.165, 1.54) is 55.7 Å². The Hall–Kier alpha value is -5.42. The Balaban J connectivity index is 1.24. The number of nitrogens with zero attached hydrogens (tertiary/aromatic N) is 3. The number of rotatable bonds is 23. The van der Waals surface area contributed by atoms with E-state index in [1.807, 2.05) is 32.0 Å². The lowest BCUT2D eigenvalue weighted by Crippen LogP contribution is -2.36. The Morgan fingerprint density at radius 1 is 0.783 bits per heavy atom. The maximum absolute atomic E-state index is 14.6. The van der Waals surface area contributed by atoms with Crippen LogP contribution in [0.5, 0.6) is 11.5 Å². The summed E-state index contributed by atoms with van der Waals surface area (Å²) in [6, 6.07) is 29.6. The number of amides is 3. The number of benzene rings is 5. The van der Waals surface area contributed by atoms with E-state index in [4.69, 9.17) is 60.9 Å². The quantitative estimate of drug-likeness (QED) is 0.0549. The molecule has 3 unspecified atom stereocenters. The number of hydrogen-bond donors (Lipinski definition) is 3. The Labute approximate surface area is 429 Å². The monoisotopic (exact) mass is 1030 g/mol. The van der Waals surface area contributed by atoms with Crippen LogP contribution in [0.2, 0.25) is 20.1 Å². The van der Waals surface area contributed by atoms with Crippen molar-refractivity contribution in [1.82, 2.24) is 5.43 Å². The number of thioether (sulfide) groups is 1. The summed E-state index contributed by atoms with van der Waals surface area (Å²) >= 11 is 27.5. The number of aryl methyl sites for hydroxylation is 2. The molecule has 11 nitrogen and oxygen atoms in total. The lowest BCUT2D eigenvalue weighted by Gasteiger charge is -2.20. The van der Waals surface area contributed by atoms with E-state index in [9.17, 15) is 19.6 Å². The zero-order chi connectivity index (χ0) is 49.5. The zero-order valence-corrected chi connectivity index (χ0v) is 42.9. The van der Waals surface area contributed by atoms with Crippen molar-refractivity contribution in [3.05, 3.63) is 134 Å². The van der Waals surface area contributed by atoms with Gasteiger partial charge in [-0.3, -0.25) is 19.8 Å². The molecule has 1 aliphatic heterocycles. The highest BCUT2D eigenvalue weighted by atomic mass is 35.5. The first kappa shape index (κ1) is 52.9. The number of hydrogen-bond acceptors (Lipinski definition) is 8. The second kappa shape index (κ2) is 26.0. The Morgan fingerprint density at radius 3 is 2.14 bits per heavy atom. The van der Waals surface area contributed by atoms with E-state index in [-0.39, 0.29) is 37.3 Å². The molecule has 1 fully saturated rings. The lowest BCUT2D eigenvalue weighted by molar-refractivity contribution is -0.123. The average Bonchev–Trinajstić information content (AvgIpc) is 3.61. The molecule has 0 aliphatic carbocycles. The first-order valence-corrected chi connectivity index (χ1v) is 25.6. The van der Waals surface area contributed by atoms with Gasteiger partial charge in [0.1, 0.15) is 34.3 Å². The van der Waals surface area contributed by atoms with Crippen LogP contribution in [0.25, 0.3) is 0 Å². The number of carbonyl (C=O) groups excluding carboxylic acids is 3. The maximum Gasteiger partial charge on any atom is 0.267 e. The topological polar surface area (TPSA) is 145 Å². The first-order valence-electron chi connectivity index (χ1n) is 23.2. The highest BCUT2D eigenvalue weighted by molar-refractivity contribution is 8.01. The largest absolute Gasteiger partial charge is 0.481 e. The van der Waals surface area contributed by atoms with Crippen molar-refractivity contribution < 1.29 is 23.9 Å². The van der Waals surface area contributed by atoms with Crippen LogP contribution in [0.1, 0.15) is 101 Å².